The molecule has 0 spiro atoms. The Morgan fingerprint density at radius 3 is 3.05 bits per heavy atom. The van der Waals surface area contributed by atoms with Crippen molar-refractivity contribution < 1.29 is 9.53 Å². The standard InChI is InChI=1S/C12H19N3O2S2/c1-18-7-2-9(13)11-14-10(8-19-11)12(16)15-3-5-17-6-4-15/h8-9H,2-7,13H2,1H3. The molecule has 1 saturated heterocycles. The van der Waals surface area contributed by atoms with Crippen LogP contribution in [0.3, 0.4) is 0 Å². The van der Waals surface area contributed by atoms with Crippen molar-refractivity contribution in [1.82, 2.24) is 9.88 Å². The van der Waals surface area contributed by atoms with E-state index in [1.54, 1.807) is 16.7 Å². The van der Waals surface area contributed by atoms with Gasteiger partial charge in [-0.3, -0.25) is 4.79 Å². The van der Waals surface area contributed by atoms with Crippen molar-refractivity contribution in [3.8, 4) is 0 Å². The highest BCUT2D eigenvalue weighted by atomic mass is 32.2. The number of carbonyl (C=O) groups is 1. The smallest absolute Gasteiger partial charge is 0.273 e. The Labute approximate surface area is 121 Å². The summed E-state index contributed by atoms with van der Waals surface area (Å²) >= 11 is 3.24. The third-order valence-electron chi connectivity index (χ3n) is 2.99. The van der Waals surface area contributed by atoms with Gasteiger partial charge in [0.1, 0.15) is 10.7 Å². The summed E-state index contributed by atoms with van der Waals surface area (Å²) in [4.78, 5) is 18.4. The molecule has 5 nitrogen and oxygen atoms in total. The molecule has 1 aromatic rings. The summed E-state index contributed by atoms with van der Waals surface area (Å²) in [7, 11) is 0. The summed E-state index contributed by atoms with van der Waals surface area (Å²) in [5.41, 5.74) is 6.58. The van der Waals surface area contributed by atoms with E-state index in [-0.39, 0.29) is 11.9 Å². The van der Waals surface area contributed by atoms with E-state index in [1.807, 2.05) is 5.38 Å². The number of ether oxygens (including phenoxy) is 1. The second-order valence-electron chi connectivity index (χ2n) is 4.36. The number of hydrogen-bond donors (Lipinski definition) is 1. The number of rotatable bonds is 5. The number of amides is 1. The zero-order chi connectivity index (χ0) is 13.7. The molecule has 2 heterocycles. The average molecular weight is 301 g/mol. The molecule has 1 aliphatic heterocycles. The summed E-state index contributed by atoms with van der Waals surface area (Å²) < 4.78 is 5.24. The average Bonchev–Trinajstić information content (AvgIpc) is 2.94. The highest BCUT2D eigenvalue weighted by molar-refractivity contribution is 7.98. The van der Waals surface area contributed by atoms with Crippen molar-refractivity contribution in [2.45, 2.75) is 12.5 Å². The van der Waals surface area contributed by atoms with Crippen LogP contribution in [0.25, 0.3) is 0 Å². The van der Waals surface area contributed by atoms with E-state index >= 15 is 0 Å². The fourth-order valence-electron chi connectivity index (χ4n) is 1.85. The van der Waals surface area contributed by atoms with Gasteiger partial charge in [0, 0.05) is 18.5 Å². The van der Waals surface area contributed by atoms with Crippen LogP contribution >= 0.6 is 23.1 Å². The van der Waals surface area contributed by atoms with E-state index in [2.05, 4.69) is 11.2 Å². The molecular formula is C12H19N3O2S2. The zero-order valence-corrected chi connectivity index (χ0v) is 12.6. The Bertz CT molecular complexity index is 419. The summed E-state index contributed by atoms with van der Waals surface area (Å²) in [6, 6.07) is -0.0660. The lowest BCUT2D eigenvalue weighted by atomic mass is 10.2. The van der Waals surface area contributed by atoms with Crippen LogP contribution in [0.4, 0.5) is 0 Å². The van der Waals surface area contributed by atoms with Gasteiger partial charge in [0.25, 0.3) is 5.91 Å². The monoisotopic (exact) mass is 301 g/mol. The fraction of sp³-hybridized carbons (Fsp3) is 0.667. The lowest BCUT2D eigenvalue weighted by Gasteiger charge is -2.26. The minimum Gasteiger partial charge on any atom is -0.378 e. The lowest BCUT2D eigenvalue weighted by molar-refractivity contribution is 0.0299. The number of nitrogens with zero attached hydrogens (tertiary/aromatic N) is 2. The second kappa shape index (κ2) is 7.23. The van der Waals surface area contributed by atoms with Gasteiger partial charge in [0.15, 0.2) is 0 Å². The fourth-order valence-corrected chi connectivity index (χ4v) is 3.17. The summed E-state index contributed by atoms with van der Waals surface area (Å²) in [6.07, 6.45) is 2.95. The molecule has 0 radical (unpaired) electrons. The molecule has 2 rings (SSSR count). The van der Waals surface area contributed by atoms with Crippen molar-refractivity contribution in [3.63, 3.8) is 0 Å². The van der Waals surface area contributed by atoms with Gasteiger partial charge in [-0.1, -0.05) is 0 Å². The van der Waals surface area contributed by atoms with Crippen LogP contribution in [0.1, 0.15) is 28.0 Å². The van der Waals surface area contributed by atoms with Crippen LogP contribution in [0, 0.1) is 0 Å². The molecule has 1 aromatic heterocycles. The minimum absolute atomic E-state index is 0.0112. The van der Waals surface area contributed by atoms with Crippen LogP contribution < -0.4 is 5.73 Å². The number of nitrogens with two attached hydrogens (primary N) is 1. The maximum Gasteiger partial charge on any atom is 0.273 e. The number of thiazole rings is 1. The Balaban J connectivity index is 1.97. The van der Waals surface area contributed by atoms with E-state index in [9.17, 15) is 4.79 Å². The summed E-state index contributed by atoms with van der Waals surface area (Å²) in [5.74, 6) is 0.996. The summed E-state index contributed by atoms with van der Waals surface area (Å²) in [6.45, 7) is 2.50. The first kappa shape index (κ1) is 14.8. The predicted molar refractivity (Wildman–Crippen MR) is 78.8 cm³/mol. The molecule has 0 bridgehead atoms. The van der Waals surface area contributed by atoms with Gasteiger partial charge >= 0.3 is 0 Å². The van der Waals surface area contributed by atoms with Crippen molar-refractivity contribution in [1.29, 1.82) is 0 Å². The zero-order valence-electron chi connectivity index (χ0n) is 11.0. The van der Waals surface area contributed by atoms with E-state index in [0.29, 0.717) is 32.0 Å². The first-order valence-corrected chi connectivity index (χ1v) is 8.56. The first-order chi connectivity index (χ1) is 9.22. The molecule has 0 aromatic carbocycles. The van der Waals surface area contributed by atoms with Gasteiger partial charge in [-0.25, -0.2) is 4.98 Å². The molecule has 1 unspecified atom stereocenters. The van der Waals surface area contributed by atoms with E-state index in [0.717, 1.165) is 17.2 Å². The van der Waals surface area contributed by atoms with Gasteiger partial charge in [-0.15, -0.1) is 11.3 Å². The number of aromatic nitrogens is 1. The van der Waals surface area contributed by atoms with Crippen LogP contribution in [-0.2, 0) is 4.74 Å². The normalized spacial score (nSPS) is 17.5. The van der Waals surface area contributed by atoms with Crippen LogP contribution in [0.2, 0.25) is 0 Å². The number of morpholine rings is 1. The van der Waals surface area contributed by atoms with Crippen molar-refractivity contribution in [2.24, 2.45) is 5.73 Å². The number of thioether (sulfide) groups is 1. The predicted octanol–water partition coefficient (Wildman–Crippen LogP) is 1.37. The number of carbonyl (C=O) groups excluding carboxylic acids is 1. The van der Waals surface area contributed by atoms with Crippen LogP contribution in [-0.4, -0.2) is 54.1 Å². The van der Waals surface area contributed by atoms with Gasteiger partial charge in [0.2, 0.25) is 0 Å². The molecule has 19 heavy (non-hydrogen) atoms. The molecule has 2 N–H and O–H groups in total. The van der Waals surface area contributed by atoms with Crippen LogP contribution in [0.5, 0.6) is 0 Å². The number of hydrogen-bond acceptors (Lipinski definition) is 6. The topological polar surface area (TPSA) is 68.5 Å². The highest BCUT2D eigenvalue weighted by Crippen LogP contribution is 2.21. The Morgan fingerprint density at radius 2 is 2.37 bits per heavy atom. The SMILES string of the molecule is CSCCC(N)c1nc(C(=O)N2CCOCC2)cs1. The molecule has 1 atom stereocenters. The minimum atomic E-state index is -0.0660. The largest absolute Gasteiger partial charge is 0.378 e. The molecule has 0 aliphatic carbocycles. The van der Waals surface area contributed by atoms with Gasteiger partial charge in [0.05, 0.1) is 19.3 Å². The molecule has 7 heteroatoms. The Hall–Kier alpha value is -0.630. The summed E-state index contributed by atoms with van der Waals surface area (Å²) in [5, 5.41) is 2.66. The van der Waals surface area contributed by atoms with Gasteiger partial charge in [-0.05, 0) is 18.4 Å². The molecule has 1 aliphatic rings. The quantitative estimate of drug-likeness (QED) is 0.889. The Kier molecular flexibility index (Phi) is 5.62. The van der Waals surface area contributed by atoms with E-state index in [4.69, 9.17) is 10.5 Å². The third-order valence-corrected chi connectivity index (χ3v) is 4.61. The van der Waals surface area contributed by atoms with Gasteiger partial charge in [-0.2, -0.15) is 11.8 Å². The second-order valence-corrected chi connectivity index (χ2v) is 6.24. The third kappa shape index (κ3) is 3.92. The molecular weight excluding hydrogens is 282 g/mol. The molecule has 1 amide bonds. The maximum absolute atomic E-state index is 12.2. The van der Waals surface area contributed by atoms with E-state index in [1.165, 1.54) is 11.3 Å². The van der Waals surface area contributed by atoms with Gasteiger partial charge < -0.3 is 15.4 Å². The van der Waals surface area contributed by atoms with E-state index < -0.39 is 0 Å². The Morgan fingerprint density at radius 1 is 1.63 bits per heavy atom. The highest BCUT2D eigenvalue weighted by Gasteiger charge is 2.21. The maximum atomic E-state index is 12.2. The van der Waals surface area contributed by atoms with Crippen molar-refractivity contribution in [2.75, 3.05) is 38.3 Å². The van der Waals surface area contributed by atoms with Crippen molar-refractivity contribution in [3.05, 3.63) is 16.1 Å². The van der Waals surface area contributed by atoms with Crippen molar-refractivity contribution >= 4 is 29.0 Å². The molecule has 1 fully saturated rings. The molecule has 106 valence electrons. The lowest BCUT2D eigenvalue weighted by Crippen LogP contribution is -2.40. The van der Waals surface area contributed by atoms with Crippen LogP contribution in [0.15, 0.2) is 5.38 Å². The molecule has 0 saturated carbocycles. The first-order valence-electron chi connectivity index (χ1n) is 6.29.